The lowest BCUT2D eigenvalue weighted by molar-refractivity contribution is 0.0660. The molecule has 1 amide bonds. The van der Waals surface area contributed by atoms with Gasteiger partial charge in [0, 0.05) is 36.2 Å². The molecular formula is C20H28ClN3O. The van der Waals surface area contributed by atoms with Gasteiger partial charge in [-0.15, -0.1) is 12.4 Å². The number of aryl methyl sites for hydroxylation is 1. The van der Waals surface area contributed by atoms with E-state index in [2.05, 4.69) is 23.6 Å². The average molecular weight is 362 g/mol. The van der Waals surface area contributed by atoms with Crippen LogP contribution < -0.4 is 5.73 Å². The van der Waals surface area contributed by atoms with E-state index in [0.29, 0.717) is 5.92 Å². The van der Waals surface area contributed by atoms with E-state index >= 15 is 0 Å². The second kappa shape index (κ2) is 8.07. The standard InChI is InChI=1S/C20H27N3O.ClH/c1-14-12-19(16(3)23(14)18-9-5-4-6-10-18)20(24)22-11-7-8-17(13-22)15(2)21;/h4-6,9-10,12,15,17H,7-8,11,13,21H2,1-3H3;1H. The summed E-state index contributed by atoms with van der Waals surface area (Å²) in [6.07, 6.45) is 2.15. The highest BCUT2D eigenvalue weighted by molar-refractivity contribution is 5.96. The van der Waals surface area contributed by atoms with Crippen molar-refractivity contribution in [2.45, 2.75) is 39.7 Å². The Morgan fingerprint density at radius 2 is 1.92 bits per heavy atom. The van der Waals surface area contributed by atoms with Crippen LogP contribution in [0.4, 0.5) is 0 Å². The van der Waals surface area contributed by atoms with Gasteiger partial charge in [0.1, 0.15) is 0 Å². The van der Waals surface area contributed by atoms with Gasteiger partial charge in [0.15, 0.2) is 0 Å². The van der Waals surface area contributed by atoms with E-state index in [0.717, 1.165) is 48.6 Å². The Labute approximate surface area is 156 Å². The maximum atomic E-state index is 13.1. The monoisotopic (exact) mass is 361 g/mol. The number of nitrogens with two attached hydrogens (primary N) is 1. The smallest absolute Gasteiger partial charge is 0.255 e. The predicted molar refractivity (Wildman–Crippen MR) is 105 cm³/mol. The minimum Gasteiger partial charge on any atom is -0.338 e. The molecule has 1 fully saturated rings. The van der Waals surface area contributed by atoms with Gasteiger partial charge in [0.05, 0.1) is 5.56 Å². The SMILES string of the molecule is Cc1cc(C(=O)N2CCCC(C(C)N)C2)c(C)n1-c1ccccc1.Cl. The lowest BCUT2D eigenvalue weighted by Crippen LogP contribution is -2.45. The van der Waals surface area contributed by atoms with Gasteiger partial charge in [-0.25, -0.2) is 0 Å². The van der Waals surface area contributed by atoms with E-state index in [-0.39, 0.29) is 24.4 Å². The second-order valence-electron chi connectivity index (χ2n) is 6.97. The number of para-hydroxylation sites is 1. The molecule has 136 valence electrons. The highest BCUT2D eigenvalue weighted by Crippen LogP contribution is 2.25. The summed E-state index contributed by atoms with van der Waals surface area (Å²) >= 11 is 0. The summed E-state index contributed by atoms with van der Waals surface area (Å²) < 4.78 is 2.15. The van der Waals surface area contributed by atoms with Crippen LogP contribution in [0.2, 0.25) is 0 Å². The van der Waals surface area contributed by atoms with Crippen molar-refractivity contribution in [2.24, 2.45) is 11.7 Å². The number of hydrogen-bond acceptors (Lipinski definition) is 2. The molecule has 0 saturated carbocycles. The number of carbonyl (C=O) groups is 1. The van der Waals surface area contributed by atoms with E-state index in [1.54, 1.807) is 0 Å². The molecule has 2 atom stereocenters. The number of nitrogens with zero attached hydrogens (tertiary/aromatic N) is 2. The Bertz CT molecular complexity index is 724. The van der Waals surface area contributed by atoms with Crippen molar-refractivity contribution in [1.29, 1.82) is 0 Å². The van der Waals surface area contributed by atoms with Gasteiger partial charge in [0.25, 0.3) is 5.91 Å². The zero-order valence-electron chi connectivity index (χ0n) is 15.2. The molecule has 0 radical (unpaired) electrons. The number of rotatable bonds is 3. The quantitative estimate of drug-likeness (QED) is 0.905. The molecule has 0 spiro atoms. The summed E-state index contributed by atoms with van der Waals surface area (Å²) in [5.41, 5.74) is 10.1. The lowest BCUT2D eigenvalue weighted by atomic mass is 9.92. The summed E-state index contributed by atoms with van der Waals surface area (Å²) in [7, 11) is 0. The highest BCUT2D eigenvalue weighted by atomic mass is 35.5. The molecule has 0 aliphatic carbocycles. The Balaban J connectivity index is 0.00000225. The first-order valence-electron chi connectivity index (χ1n) is 8.78. The minimum absolute atomic E-state index is 0. The van der Waals surface area contributed by atoms with Gasteiger partial charge in [-0.2, -0.15) is 0 Å². The molecule has 5 heteroatoms. The third-order valence-electron chi connectivity index (χ3n) is 5.16. The van der Waals surface area contributed by atoms with E-state index in [9.17, 15) is 4.79 Å². The van der Waals surface area contributed by atoms with Crippen molar-refractivity contribution >= 4 is 18.3 Å². The van der Waals surface area contributed by atoms with Crippen molar-refractivity contribution in [3.8, 4) is 5.69 Å². The summed E-state index contributed by atoms with van der Waals surface area (Å²) in [5.74, 6) is 0.538. The first-order chi connectivity index (χ1) is 11.5. The van der Waals surface area contributed by atoms with E-state index in [1.165, 1.54) is 0 Å². The number of piperidine rings is 1. The van der Waals surface area contributed by atoms with Crippen molar-refractivity contribution in [1.82, 2.24) is 9.47 Å². The molecule has 2 N–H and O–H groups in total. The normalized spacial score (nSPS) is 18.6. The molecular weight excluding hydrogens is 334 g/mol. The maximum absolute atomic E-state index is 13.1. The number of hydrogen-bond donors (Lipinski definition) is 1. The van der Waals surface area contributed by atoms with E-state index in [1.807, 2.05) is 43.0 Å². The van der Waals surface area contributed by atoms with E-state index < -0.39 is 0 Å². The van der Waals surface area contributed by atoms with Crippen molar-refractivity contribution in [3.63, 3.8) is 0 Å². The van der Waals surface area contributed by atoms with Crippen LogP contribution >= 0.6 is 12.4 Å². The zero-order chi connectivity index (χ0) is 17.3. The Kier molecular flexibility index (Phi) is 6.31. The van der Waals surface area contributed by atoms with Gasteiger partial charge < -0.3 is 15.2 Å². The molecule has 1 aliphatic rings. The second-order valence-corrected chi connectivity index (χ2v) is 6.97. The van der Waals surface area contributed by atoms with Crippen LogP contribution in [0.1, 0.15) is 41.5 Å². The Morgan fingerprint density at radius 1 is 1.24 bits per heavy atom. The number of aromatic nitrogens is 1. The largest absolute Gasteiger partial charge is 0.338 e. The minimum atomic E-state index is 0. The summed E-state index contributed by atoms with van der Waals surface area (Å²) in [6, 6.07) is 12.3. The van der Waals surface area contributed by atoms with E-state index in [4.69, 9.17) is 5.73 Å². The van der Waals surface area contributed by atoms with Crippen LogP contribution in [0.15, 0.2) is 36.4 Å². The highest BCUT2D eigenvalue weighted by Gasteiger charge is 2.28. The lowest BCUT2D eigenvalue weighted by Gasteiger charge is -2.34. The van der Waals surface area contributed by atoms with Crippen molar-refractivity contribution in [2.75, 3.05) is 13.1 Å². The summed E-state index contributed by atoms with van der Waals surface area (Å²) in [5, 5.41) is 0. The number of carbonyl (C=O) groups excluding carboxylic acids is 1. The topological polar surface area (TPSA) is 51.3 Å². The molecule has 25 heavy (non-hydrogen) atoms. The molecule has 2 aromatic rings. The molecule has 1 aliphatic heterocycles. The molecule has 1 aromatic heterocycles. The third kappa shape index (κ3) is 3.91. The molecule has 1 saturated heterocycles. The molecule has 3 rings (SSSR count). The van der Waals surface area contributed by atoms with Gasteiger partial charge >= 0.3 is 0 Å². The first kappa shape index (κ1) is 19.5. The Hall–Kier alpha value is -1.78. The average Bonchev–Trinajstić information content (AvgIpc) is 2.89. The fourth-order valence-electron chi connectivity index (χ4n) is 3.75. The van der Waals surface area contributed by atoms with Crippen molar-refractivity contribution in [3.05, 3.63) is 53.3 Å². The molecule has 1 aromatic carbocycles. The van der Waals surface area contributed by atoms with Crippen LogP contribution in [-0.2, 0) is 0 Å². The van der Waals surface area contributed by atoms with Crippen molar-refractivity contribution < 1.29 is 4.79 Å². The summed E-state index contributed by atoms with van der Waals surface area (Å²) in [4.78, 5) is 15.0. The number of likely N-dealkylation sites (tertiary alicyclic amines) is 1. The third-order valence-corrected chi connectivity index (χ3v) is 5.16. The zero-order valence-corrected chi connectivity index (χ0v) is 16.1. The van der Waals surface area contributed by atoms with Crippen LogP contribution in [-0.4, -0.2) is 34.5 Å². The van der Waals surface area contributed by atoms with Crippen LogP contribution in [0, 0.1) is 19.8 Å². The predicted octanol–water partition coefficient (Wildman–Crippen LogP) is 3.72. The van der Waals surface area contributed by atoms with Gasteiger partial charge in [-0.05, 0) is 57.7 Å². The molecule has 2 heterocycles. The van der Waals surface area contributed by atoms with Crippen LogP contribution in [0.25, 0.3) is 5.69 Å². The number of halogens is 1. The van der Waals surface area contributed by atoms with Gasteiger partial charge in [-0.1, -0.05) is 18.2 Å². The van der Waals surface area contributed by atoms with Gasteiger partial charge in [0.2, 0.25) is 0 Å². The Morgan fingerprint density at radius 3 is 2.56 bits per heavy atom. The summed E-state index contributed by atoms with van der Waals surface area (Å²) in [6.45, 7) is 7.72. The number of amides is 1. The van der Waals surface area contributed by atoms with Crippen LogP contribution in [0.5, 0.6) is 0 Å². The molecule has 2 unspecified atom stereocenters. The number of benzene rings is 1. The maximum Gasteiger partial charge on any atom is 0.255 e. The molecule has 4 nitrogen and oxygen atoms in total. The molecule has 0 bridgehead atoms. The fourth-order valence-corrected chi connectivity index (χ4v) is 3.75. The van der Waals surface area contributed by atoms with Crippen LogP contribution in [0.3, 0.4) is 0 Å². The fraction of sp³-hybridized carbons (Fsp3) is 0.450. The first-order valence-corrected chi connectivity index (χ1v) is 8.78. The van der Waals surface area contributed by atoms with Gasteiger partial charge in [-0.3, -0.25) is 4.79 Å².